The maximum absolute atomic E-state index is 14.6. The first kappa shape index (κ1) is 19.4. The van der Waals surface area contributed by atoms with Crippen molar-refractivity contribution in [1.29, 1.82) is 0 Å². The summed E-state index contributed by atoms with van der Waals surface area (Å²) in [5.74, 6) is -0.461. The molecule has 0 aliphatic heterocycles. The number of nitrogens with two attached hydrogens (primary N) is 1. The highest BCUT2D eigenvalue weighted by molar-refractivity contribution is 7.93. The Morgan fingerprint density at radius 2 is 2.10 bits per heavy atom. The molecular weight excluding hydrogens is 443 g/mol. The van der Waals surface area contributed by atoms with Crippen LogP contribution < -0.4 is 15.2 Å². The number of benzene rings is 2. The fraction of sp³-hybridized carbons (Fsp3) is 0.0625. The molecule has 2 heterocycles. The third kappa shape index (κ3) is 3.57. The molecule has 0 radical (unpaired) electrons. The van der Waals surface area contributed by atoms with Crippen LogP contribution in [0.3, 0.4) is 0 Å². The second kappa shape index (κ2) is 7.13. The maximum Gasteiger partial charge on any atom is 0.266 e. The molecule has 0 spiro atoms. The van der Waals surface area contributed by atoms with Crippen LogP contribution in [0.25, 0.3) is 10.9 Å². The number of anilines is 2. The van der Waals surface area contributed by atoms with E-state index in [-0.39, 0.29) is 15.9 Å². The Balaban J connectivity index is 1.72. The lowest BCUT2D eigenvalue weighted by Crippen LogP contribution is -2.14. The zero-order valence-corrected chi connectivity index (χ0v) is 17.0. The molecule has 3 N–H and O–H groups in total. The second-order valence-corrected chi connectivity index (χ2v) is 8.72. The van der Waals surface area contributed by atoms with E-state index in [9.17, 15) is 12.8 Å². The number of nitrogen functional groups attached to an aromatic ring is 1. The van der Waals surface area contributed by atoms with E-state index in [1.54, 1.807) is 25.2 Å². The molecule has 4 aromatic rings. The van der Waals surface area contributed by atoms with Gasteiger partial charge < -0.3 is 10.5 Å². The van der Waals surface area contributed by atoms with Crippen LogP contribution in [0.15, 0.2) is 40.7 Å². The lowest BCUT2D eigenvalue weighted by molar-refractivity contribution is 0.475. The molecule has 0 bridgehead atoms. The van der Waals surface area contributed by atoms with Crippen LogP contribution in [0.2, 0.25) is 5.02 Å². The number of hydrogen-bond donors (Lipinski definition) is 2. The first-order chi connectivity index (χ1) is 13.8. The molecule has 0 saturated carbocycles. The molecule has 0 atom stereocenters. The predicted octanol–water partition coefficient (Wildman–Crippen LogP) is 3.39. The lowest BCUT2D eigenvalue weighted by Gasteiger charge is -2.12. The molecule has 2 aromatic carbocycles. The number of rotatable bonds is 5. The van der Waals surface area contributed by atoms with E-state index in [1.807, 2.05) is 0 Å². The smallest absolute Gasteiger partial charge is 0.266 e. The van der Waals surface area contributed by atoms with Gasteiger partial charge in [0.2, 0.25) is 5.13 Å². The summed E-state index contributed by atoms with van der Waals surface area (Å²) in [6.07, 6.45) is 0. The highest BCUT2D eigenvalue weighted by atomic mass is 35.5. The van der Waals surface area contributed by atoms with Crippen molar-refractivity contribution >= 4 is 54.8 Å². The maximum atomic E-state index is 14.6. The molecule has 4 rings (SSSR count). The highest BCUT2D eigenvalue weighted by Gasteiger charge is 2.24. The van der Waals surface area contributed by atoms with E-state index in [4.69, 9.17) is 22.1 Å². The number of halogens is 2. The highest BCUT2D eigenvalue weighted by Crippen LogP contribution is 2.37. The third-order valence-electron chi connectivity index (χ3n) is 3.93. The summed E-state index contributed by atoms with van der Waals surface area (Å²) in [4.78, 5) is -0.645. The molecule has 13 heteroatoms. The second-order valence-electron chi connectivity index (χ2n) is 5.83. The topological polar surface area (TPSA) is 125 Å². The van der Waals surface area contributed by atoms with Crippen molar-refractivity contribution in [3.8, 4) is 11.5 Å². The number of hydrogen-bond acceptors (Lipinski definition) is 8. The van der Waals surface area contributed by atoms with Gasteiger partial charge in [0.1, 0.15) is 27.5 Å². The monoisotopic (exact) mass is 454 g/mol. The quantitative estimate of drug-likeness (QED) is 0.473. The number of fused-ring (bicyclic) bond motifs is 1. The molecule has 150 valence electrons. The largest absolute Gasteiger partial charge is 0.453 e. The van der Waals surface area contributed by atoms with Crippen molar-refractivity contribution < 1.29 is 17.5 Å². The van der Waals surface area contributed by atoms with Crippen molar-refractivity contribution in [2.24, 2.45) is 7.05 Å². The Morgan fingerprint density at radius 1 is 1.31 bits per heavy atom. The van der Waals surface area contributed by atoms with Gasteiger partial charge in [0.05, 0.1) is 5.02 Å². The SMILES string of the molecule is Cn1nc(N)c2cccc(Oc3cc(F)c(S(=O)(=O)Nc4nncs4)cc3Cl)c21. The summed E-state index contributed by atoms with van der Waals surface area (Å²) in [7, 11) is -2.57. The van der Waals surface area contributed by atoms with Gasteiger partial charge in [-0.05, 0) is 18.2 Å². The minimum absolute atomic E-state index is 0.00123. The fourth-order valence-corrected chi connectivity index (χ4v) is 4.76. The Bertz CT molecular complexity index is 1320. The molecule has 0 saturated heterocycles. The summed E-state index contributed by atoms with van der Waals surface area (Å²) in [6, 6.07) is 6.97. The van der Waals surface area contributed by atoms with Gasteiger partial charge in [0, 0.05) is 18.5 Å². The van der Waals surface area contributed by atoms with Gasteiger partial charge >= 0.3 is 0 Å². The van der Waals surface area contributed by atoms with Gasteiger partial charge in [-0.25, -0.2) is 12.8 Å². The van der Waals surface area contributed by atoms with Crippen molar-refractivity contribution in [1.82, 2.24) is 20.0 Å². The minimum Gasteiger partial charge on any atom is -0.453 e. The minimum atomic E-state index is -4.25. The Morgan fingerprint density at radius 3 is 2.83 bits per heavy atom. The Hall–Kier alpha value is -2.96. The number of para-hydroxylation sites is 1. The Kier molecular flexibility index (Phi) is 4.76. The summed E-state index contributed by atoms with van der Waals surface area (Å²) in [5, 5.41) is 11.8. The fourth-order valence-electron chi connectivity index (χ4n) is 2.71. The van der Waals surface area contributed by atoms with Gasteiger partial charge in [0.15, 0.2) is 11.6 Å². The molecule has 9 nitrogen and oxygen atoms in total. The van der Waals surface area contributed by atoms with Crippen LogP contribution >= 0.6 is 22.9 Å². The van der Waals surface area contributed by atoms with Crippen molar-refractivity contribution in [2.45, 2.75) is 4.90 Å². The van der Waals surface area contributed by atoms with Crippen LogP contribution in [0, 0.1) is 5.82 Å². The van der Waals surface area contributed by atoms with E-state index in [0.29, 0.717) is 22.5 Å². The molecule has 29 heavy (non-hydrogen) atoms. The molecule has 0 aliphatic rings. The molecule has 0 aliphatic carbocycles. The van der Waals surface area contributed by atoms with Crippen molar-refractivity contribution in [3.63, 3.8) is 0 Å². The molecule has 2 aromatic heterocycles. The van der Waals surface area contributed by atoms with E-state index in [2.05, 4.69) is 20.0 Å². The zero-order chi connectivity index (χ0) is 20.8. The molecule has 0 unspecified atom stereocenters. The molecule has 0 fully saturated rings. The summed E-state index contributed by atoms with van der Waals surface area (Å²) >= 11 is 7.13. The predicted molar refractivity (Wildman–Crippen MR) is 107 cm³/mol. The van der Waals surface area contributed by atoms with E-state index < -0.39 is 20.7 Å². The summed E-state index contributed by atoms with van der Waals surface area (Å²) in [6.45, 7) is 0. The number of aryl methyl sites for hydroxylation is 1. The van der Waals surface area contributed by atoms with E-state index in [0.717, 1.165) is 23.5 Å². The molecular formula is C16H12ClFN6O3S2. The van der Waals surface area contributed by atoms with Crippen LogP contribution in [0.1, 0.15) is 0 Å². The van der Waals surface area contributed by atoms with Gasteiger partial charge in [0.25, 0.3) is 10.0 Å². The van der Waals surface area contributed by atoms with Gasteiger partial charge in [-0.15, -0.1) is 10.2 Å². The Labute approximate surface area is 172 Å². The van der Waals surface area contributed by atoms with Crippen LogP contribution in [0.5, 0.6) is 11.5 Å². The summed E-state index contributed by atoms with van der Waals surface area (Å²) < 4.78 is 48.9. The standard InChI is InChI=1S/C16H12ClFN6O3S2/c1-24-14-8(15(19)22-24)3-2-4-11(14)27-12-6-10(18)13(5-9(12)17)29(25,26)23-16-21-20-7-28-16/h2-7H,1H3,(H2,19,22)(H,21,23). The van der Waals surface area contributed by atoms with Gasteiger partial charge in [-0.2, -0.15) is 5.10 Å². The average molecular weight is 455 g/mol. The normalized spacial score (nSPS) is 11.7. The van der Waals surface area contributed by atoms with Gasteiger partial charge in [-0.3, -0.25) is 9.40 Å². The first-order valence-corrected chi connectivity index (χ1v) is 10.7. The van der Waals surface area contributed by atoms with Crippen LogP contribution in [-0.4, -0.2) is 28.4 Å². The zero-order valence-electron chi connectivity index (χ0n) is 14.6. The van der Waals surface area contributed by atoms with Gasteiger partial charge in [-0.1, -0.05) is 29.0 Å². The van der Waals surface area contributed by atoms with E-state index >= 15 is 0 Å². The average Bonchev–Trinajstić information content (AvgIpc) is 3.26. The van der Waals surface area contributed by atoms with Crippen molar-refractivity contribution in [2.75, 3.05) is 10.5 Å². The third-order valence-corrected chi connectivity index (χ3v) is 6.32. The van der Waals surface area contributed by atoms with Crippen molar-refractivity contribution in [3.05, 3.63) is 46.7 Å². The number of ether oxygens (including phenoxy) is 1. The number of nitrogens with one attached hydrogen (secondary N) is 1. The first-order valence-electron chi connectivity index (χ1n) is 7.93. The van der Waals surface area contributed by atoms with Crippen LogP contribution in [-0.2, 0) is 17.1 Å². The molecule has 0 amide bonds. The number of nitrogens with zero attached hydrogens (tertiary/aromatic N) is 4. The van der Waals surface area contributed by atoms with Crippen LogP contribution in [0.4, 0.5) is 15.3 Å². The van der Waals surface area contributed by atoms with E-state index in [1.165, 1.54) is 10.2 Å². The number of aromatic nitrogens is 4. The lowest BCUT2D eigenvalue weighted by atomic mass is 10.2. The number of sulfonamides is 1. The summed E-state index contributed by atoms with van der Waals surface area (Å²) in [5.41, 5.74) is 7.78.